The fourth-order valence-electron chi connectivity index (χ4n) is 6.03. The molecule has 0 radical (unpaired) electrons. The number of nitrogens with zero attached hydrogens (tertiary/aromatic N) is 1. The van der Waals surface area contributed by atoms with Gasteiger partial charge in [0.2, 0.25) is 5.69 Å². The van der Waals surface area contributed by atoms with Crippen LogP contribution >= 0.6 is 11.8 Å². The molecule has 1 aliphatic heterocycles. The average Bonchev–Trinajstić information content (AvgIpc) is 2.81. The summed E-state index contributed by atoms with van der Waals surface area (Å²) in [5, 5.41) is 9.93. The second-order valence-corrected chi connectivity index (χ2v) is 18.3. The Morgan fingerprint density at radius 2 is 1.64 bits per heavy atom. The van der Waals surface area contributed by atoms with Crippen LogP contribution in [0.15, 0.2) is 64.5 Å². The molecule has 0 saturated carbocycles. The molecule has 3 heteroatoms. The number of aryl methyl sites for hydroxylation is 3. The molecule has 0 saturated heterocycles. The maximum absolute atomic E-state index is 2.49. The molecule has 1 aromatic heterocycles. The topological polar surface area (TPSA) is 3.88 Å². The first-order chi connectivity index (χ1) is 17.0. The Labute approximate surface area is 220 Å². The van der Waals surface area contributed by atoms with E-state index in [0.29, 0.717) is 5.92 Å². The van der Waals surface area contributed by atoms with Gasteiger partial charge in [-0.15, -0.1) is 0 Å². The summed E-state index contributed by atoms with van der Waals surface area (Å²) < 4.78 is 2.37. The Morgan fingerprint density at radius 1 is 0.861 bits per heavy atom. The van der Waals surface area contributed by atoms with Crippen LogP contribution < -0.4 is 9.75 Å². The molecule has 6 rings (SSSR count). The number of benzene rings is 4. The van der Waals surface area contributed by atoms with Gasteiger partial charge in [0.15, 0.2) is 6.20 Å². The lowest BCUT2D eigenvalue weighted by molar-refractivity contribution is -0.659. The van der Waals surface area contributed by atoms with E-state index in [2.05, 4.69) is 114 Å². The normalized spacial score (nSPS) is 13.2. The molecule has 0 N–H and O–H groups in total. The van der Waals surface area contributed by atoms with Gasteiger partial charge in [0.25, 0.3) is 0 Å². The van der Waals surface area contributed by atoms with Crippen molar-refractivity contribution in [2.75, 3.05) is 0 Å². The number of rotatable bonds is 3. The Morgan fingerprint density at radius 3 is 2.36 bits per heavy atom. The molecule has 0 fully saturated rings. The van der Waals surface area contributed by atoms with Gasteiger partial charge in [-0.25, -0.2) is 4.57 Å². The average molecular weight is 507 g/mol. The van der Waals surface area contributed by atoms with E-state index >= 15 is 0 Å². The van der Waals surface area contributed by atoms with Gasteiger partial charge in [-0.3, -0.25) is 0 Å². The lowest BCUT2D eigenvalue weighted by atomic mass is 9.87. The number of hydrogen-bond donors (Lipinski definition) is 0. The van der Waals surface area contributed by atoms with E-state index < -0.39 is 8.07 Å². The van der Waals surface area contributed by atoms with Crippen LogP contribution in [0.25, 0.3) is 43.6 Å². The standard InChI is InChI=1S/C33H36NSSi/c1-19(2)15-28-24-12-9-20(3)16-26(24)21(4)30-32-31-25(13-14-34(32)5)27-18-23(36(6,7)8)11-10-22(27)17-29(31)35-33(28)30/h9-14,16-19H,15H2,1-8H3/q+1. The first kappa shape index (κ1) is 23.8. The molecule has 5 aromatic rings. The summed E-state index contributed by atoms with van der Waals surface area (Å²) in [5.74, 6) is 0.601. The molecular formula is C33H36NSSi+. The van der Waals surface area contributed by atoms with Crippen LogP contribution in [0.3, 0.4) is 0 Å². The molecule has 0 spiro atoms. The van der Waals surface area contributed by atoms with Gasteiger partial charge in [-0.1, -0.05) is 92.4 Å². The number of pyridine rings is 1. The predicted octanol–water partition coefficient (Wildman–Crippen LogP) is 8.46. The maximum Gasteiger partial charge on any atom is 0.222 e. The first-order valence-electron chi connectivity index (χ1n) is 13.2. The predicted molar refractivity (Wildman–Crippen MR) is 161 cm³/mol. The molecule has 0 bridgehead atoms. The molecular weight excluding hydrogens is 471 g/mol. The van der Waals surface area contributed by atoms with Crippen LogP contribution in [0, 0.1) is 19.8 Å². The van der Waals surface area contributed by atoms with E-state index in [0.717, 1.165) is 6.42 Å². The highest BCUT2D eigenvalue weighted by molar-refractivity contribution is 8.00. The summed E-state index contributed by atoms with van der Waals surface area (Å²) in [6.07, 6.45) is 3.38. The highest BCUT2D eigenvalue weighted by atomic mass is 32.2. The highest BCUT2D eigenvalue weighted by Gasteiger charge is 2.32. The summed E-state index contributed by atoms with van der Waals surface area (Å²) >= 11 is 2.01. The van der Waals surface area contributed by atoms with Crippen LogP contribution in [0.1, 0.15) is 30.5 Å². The van der Waals surface area contributed by atoms with Crippen molar-refractivity contribution < 1.29 is 4.57 Å². The van der Waals surface area contributed by atoms with E-state index in [-0.39, 0.29) is 0 Å². The smallest absolute Gasteiger partial charge is 0.200 e. The summed E-state index contributed by atoms with van der Waals surface area (Å²) in [5.41, 5.74) is 7.07. The van der Waals surface area contributed by atoms with Crippen molar-refractivity contribution in [3.05, 3.63) is 71.4 Å². The Kier molecular flexibility index (Phi) is 5.41. The van der Waals surface area contributed by atoms with Crippen LogP contribution in [-0.2, 0) is 13.5 Å². The minimum Gasteiger partial charge on any atom is -0.200 e. The molecule has 0 aliphatic carbocycles. The Balaban J connectivity index is 1.78. The molecule has 36 heavy (non-hydrogen) atoms. The Bertz CT molecular complexity index is 1720. The van der Waals surface area contributed by atoms with Crippen molar-refractivity contribution in [2.24, 2.45) is 13.0 Å². The van der Waals surface area contributed by atoms with Crippen LogP contribution in [0.4, 0.5) is 0 Å². The summed E-state index contributed by atoms with van der Waals surface area (Å²) in [7, 11) is 0.819. The van der Waals surface area contributed by atoms with E-state index in [9.17, 15) is 0 Å². The quantitative estimate of drug-likeness (QED) is 0.132. The minimum atomic E-state index is -1.41. The van der Waals surface area contributed by atoms with Crippen molar-refractivity contribution in [3.63, 3.8) is 0 Å². The van der Waals surface area contributed by atoms with Crippen molar-refractivity contribution in [2.45, 2.75) is 63.5 Å². The molecule has 0 atom stereocenters. The molecule has 0 amide bonds. The summed E-state index contributed by atoms with van der Waals surface area (Å²) in [4.78, 5) is 2.86. The third-order valence-electron chi connectivity index (χ3n) is 7.91. The van der Waals surface area contributed by atoms with Crippen molar-refractivity contribution >= 4 is 57.3 Å². The molecule has 1 aliphatic rings. The van der Waals surface area contributed by atoms with Gasteiger partial charge >= 0.3 is 0 Å². The van der Waals surface area contributed by atoms with Gasteiger partial charge < -0.3 is 0 Å². The van der Waals surface area contributed by atoms with Crippen molar-refractivity contribution in [3.8, 4) is 11.3 Å². The number of aromatic nitrogens is 1. The summed E-state index contributed by atoms with van der Waals surface area (Å²) in [6.45, 7) is 16.6. The van der Waals surface area contributed by atoms with Gasteiger partial charge in [0.05, 0.1) is 19.0 Å². The molecule has 2 heterocycles. The van der Waals surface area contributed by atoms with Crippen molar-refractivity contribution in [1.82, 2.24) is 0 Å². The largest absolute Gasteiger partial charge is 0.222 e. The third kappa shape index (κ3) is 3.54. The van der Waals surface area contributed by atoms with E-state index in [1.807, 2.05) is 11.8 Å². The molecule has 0 unspecified atom stereocenters. The lowest BCUT2D eigenvalue weighted by Gasteiger charge is -2.26. The number of fused-ring (bicyclic) bond motifs is 5. The zero-order chi connectivity index (χ0) is 25.5. The van der Waals surface area contributed by atoms with Crippen LogP contribution in [-0.4, -0.2) is 8.07 Å². The molecule has 182 valence electrons. The van der Waals surface area contributed by atoms with Gasteiger partial charge in [-0.05, 0) is 64.9 Å². The SMILES string of the molecule is Cc1ccc2c(CC(C)C)c3c(c(C)c2c1)-c1c2c(cc4ccc([Si](C)(C)C)cc4c2cc[n+]1C)S3. The zero-order valence-electron chi connectivity index (χ0n) is 22.8. The fourth-order valence-corrected chi connectivity index (χ4v) is 8.57. The third-order valence-corrected chi connectivity index (χ3v) is 11.1. The van der Waals surface area contributed by atoms with E-state index in [1.165, 1.54) is 75.2 Å². The zero-order valence-corrected chi connectivity index (χ0v) is 24.7. The minimum absolute atomic E-state index is 0.601. The van der Waals surface area contributed by atoms with E-state index in [4.69, 9.17) is 0 Å². The fraction of sp³-hybridized carbons (Fsp3) is 0.303. The summed E-state index contributed by atoms with van der Waals surface area (Å²) in [6, 6.07) is 19.1. The second kappa shape index (κ2) is 8.19. The van der Waals surface area contributed by atoms with Gasteiger partial charge in [0.1, 0.15) is 7.05 Å². The Hall–Kier alpha value is -2.62. The number of hydrogen-bond acceptors (Lipinski definition) is 1. The molecule has 4 aromatic carbocycles. The first-order valence-corrected chi connectivity index (χ1v) is 17.5. The second-order valence-electron chi connectivity index (χ2n) is 12.2. The van der Waals surface area contributed by atoms with Crippen molar-refractivity contribution in [1.29, 1.82) is 0 Å². The monoisotopic (exact) mass is 506 g/mol. The highest BCUT2D eigenvalue weighted by Crippen LogP contribution is 2.53. The van der Waals surface area contributed by atoms with Crippen LogP contribution in [0.2, 0.25) is 19.6 Å². The van der Waals surface area contributed by atoms with E-state index in [1.54, 1.807) is 0 Å². The van der Waals surface area contributed by atoms with Gasteiger partial charge in [-0.2, -0.15) is 0 Å². The maximum atomic E-state index is 2.49. The molecule has 1 nitrogen and oxygen atoms in total. The lowest BCUT2D eigenvalue weighted by Crippen LogP contribution is -2.37. The van der Waals surface area contributed by atoms with Crippen LogP contribution in [0.5, 0.6) is 0 Å². The van der Waals surface area contributed by atoms with Gasteiger partial charge in [0, 0.05) is 21.2 Å².